The molecule has 150 valence electrons. The van der Waals surface area contributed by atoms with Gasteiger partial charge >= 0.3 is 0 Å². The van der Waals surface area contributed by atoms with Gasteiger partial charge in [0, 0.05) is 12.3 Å². The molecular weight excluding hydrogens is 376 g/mol. The molecule has 0 aliphatic rings. The first-order valence-corrected chi connectivity index (χ1v) is 9.69. The second kappa shape index (κ2) is 11.9. The lowest BCUT2D eigenvalue weighted by Crippen LogP contribution is -2.34. The summed E-state index contributed by atoms with van der Waals surface area (Å²) in [5, 5.41) is 5.87. The van der Waals surface area contributed by atoms with Crippen LogP contribution in [0.15, 0.2) is 48.5 Å². The first-order chi connectivity index (χ1) is 13.6. The monoisotopic (exact) mass is 402 g/mol. The molecule has 0 aromatic heterocycles. The molecule has 0 fully saturated rings. The van der Waals surface area contributed by atoms with Gasteiger partial charge in [-0.05, 0) is 62.0 Å². The van der Waals surface area contributed by atoms with E-state index in [4.69, 9.17) is 26.4 Å². The van der Waals surface area contributed by atoms with Crippen molar-refractivity contribution in [3.05, 3.63) is 54.1 Å². The highest BCUT2D eigenvalue weighted by Gasteiger charge is 2.13. The average molecular weight is 403 g/mol. The summed E-state index contributed by atoms with van der Waals surface area (Å²) in [5.74, 6) is 0.959. The molecule has 2 rings (SSSR count). The zero-order valence-corrected chi connectivity index (χ0v) is 17.0. The number of carbonyl (C=O) groups is 1. The second-order valence-electron chi connectivity index (χ2n) is 5.82. The van der Waals surface area contributed by atoms with Crippen molar-refractivity contribution >= 4 is 28.9 Å². The Morgan fingerprint density at radius 1 is 0.964 bits per heavy atom. The Bertz CT molecular complexity index is 765. The van der Waals surface area contributed by atoms with E-state index in [9.17, 15) is 4.79 Å². The van der Waals surface area contributed by atoms with Crippen LogP contribution in [0.25, 0.3) is 0 Å². The molecule has 0 atom stereocenters. The van der Waals surface area contributed by atoms with Crippen LogP contribution in [-0.2, 0) is 4.74 Å². The normalized spacial score (nSPS) is 10.2. The molecule has 2 aromatic rings. The minimum atomic E-state index is -0.319. The van der Waals surface area contributed by atoms with Gasteiger partial charge in [0.2, 0.25) is 0 Å². The van der Waals surface area contributed by atoms with Gasteiger partial charge in [-0.1, -0.05) is 19.1 Å². The van der Waals surface area contributed by atoms with Crippen LogP contribution in [0.3, 0.4) is 0 Å². The number of benzene rings is 2. The molecule has 0 radical (unpaired) electrons. The fourth-order valence-corrected chi connectivity index (χ4v) is 2.53. The molecule has 0 spiro atoms. The summed E-state index contributed by atoms with van der Waals surface area (Å²) in [6.07, 6.45) is 0.862. The number of hydrogen-bond donors (Lipinski definition) is 2. The van der Waals surface area contributed by atoms with Gasteiger partial charge in [0.1, 0.15) is 18.1 Å². The van der Waals surface area contributed by atoms with Crippen molar-refractivity contribution in [1.82, 2.24) is 5.32 Å². The fraction of sp³-hybridized carbons (Fsp3) is 0.333. The van der Waals surface area contributed by atoms with Crippen molar-refractivity contribution in [2.45, 2.75) is 20.3 Å². The maximum atomic E-state index is 12.5. The van der Waals surface area contributed by atoms with E-state index in [1.165, 1.54) is 0 Å². The van der Waals surface area contributed by atoms with Crippen molar-refractivity contribution < 1.29 is 19.0 Å². The summed E-state index contributed by atoms with van der Waals surface area (Å²) in [6, 6.07) is 14.4. The summed E-state index contributed by atoms with van der Waals surface area (Å²) in [5.41, 5.74) is 1.19. The highest BCUT2D eigenvalue weighted by Crippen LogP contribution is 2.19. The van der Waals surface area contributed by atoms with Crippen LogP contribution in [-0.4, -0.2) is 37.4 Å². The number of hydrogen-bond acceptors (Lipinski definition) is 5. The number of carbonyl (C=O) groups excluding carboxylic acids is 1. The van der Waals surface area contributed by atoms with E-state index < -0.39 is 0 Å². The molecule has 0 aliphatic carbocycles. The van der Waals surface area contributed by atoms with Crippen LogP contribution >= 0.6 is 12.2 Å². The first kappa shape index (κ1) is 21.7. The Labute approximate surface area is 171 Å². The summed E-state index contributed by atoms with van der Waals surface area (Å²) in [4.78, 5) is 12.5. The lowest BCUT2D eigenvalue weighted by Gasteiger charge is -2.13. The maximum Gasteiger partial charge on any atom is 0.261 e. The average Bonchev–Trinajstić information content (AvgIpc) is 2.71. The molecule has 7 heteroatoms. The van der Waals surface area contributed by atoms with Crippen LogP contribution in [0.1, 0.15) is 30.6 Å². The Morgan fingerprint density at radius 2 is 1.71 bits per heavy atom. The number of rotatable bonds is 10. The third-order valence-corrected chi connectivity index (χ3v) is 3.84. The van der Waals surface area contributed by atoms with Crippen molar-refractivity contribution in [3.8, 4) is 11.5 Å². The minimum Gasteiger partial charge on any atom is -0.493 e. The predicted molar refractivity (Wildman–Crippen MR) is 114 cm³/mol. The van der Waals surface area contributed by atoms with E-state index in [2.05, 4.69) is 10.6 Å². The molecule has 0 aliphatic heterocycles. The molecule has 2 aromatic carbocycles. The maximum absolute atomic E-state index is 12.5. The lowest BCUT2D eigenvalue weighted by molar-refractivity contribution is 0.0973. The Morgan fingerprint density at radius 3 is 2.43 bits per heavy atom. The largest absolute Gasteiger partial charge is 0.493 e. The molecule has 1 amide bonds. The molecule has 0 heterocycles. The van der Waals surface area contributed by atoms with Crippen LogP contribution < -0.4 is 20.1 Å². The van der Waals surface area contributed by atoms with E-state index in [0.29, 0.717) is 37.7 Å². The summed E-state index contributed by atoms with van der Waals surface area (Å²) < 4.78 is 16.4. The number of ether oxygens (including phenoxy) is 3. The Hall–Kier alpha value is -2.64. The molecule has 6 nitrogen and oxygen atoms in total. The van der Waals surface area contributed by atoms with Gasteiger partial charge in [0.25, 0.3) is 5.91 Å². The molecule has 0 saturated carbocycles. The van der Waals surface area contributed by atoms with Crippen molar-refractivity contribution in [3.63, 3.8) is 0 Å². The SMILES string of the molecule is CCCOc1ccccc1C(=O)NC(=S)Nc1ccc(OCCOCC)cc1. The van der Waals surface area contributed by atoms with Gasteiger partial charge in [-0.2, -0.15) is 0 Å². The fourth-order valence-electron chi connectivity index (χ4n) is 2.32. The number of nitrogens with one attached hydrogen (secondary N) is 2. The highest BCUT2D eigenvalue weighted by molar-refractivity contribution is 7.80. The Balaban J connectivity index is 1.87. The van der Waals surface area contributed by atoms with Crippen molar-refractivity contribution in [1.29, 1.82) is 0 Å². The zero-order valence-electron chi connectivity index (χ0n) is 16.2. The van der Waals surface area contributed by atoms with E-state index in [0.717, 1.165) is 17.9 Å². The van der Waals surface area contributed by atoms with Gasteiger partial charge in [0.05, 0.1) is 18.8 Å². The van der Waals surface area contributed by atoms with Crippen LogP contribution in [0.5, 0.6) is 11.5 Å². The molecule has 0 saturated heterocycles. The zero-order chi connectivity index (χ0) is 20.2. The van der Waals surface area contributed by atoms with E-state index in [-0.39, 0.29) is 11.0 Å². The Kier molecular flexibility index (Phi) is 9.24. The smallest absolute Gasteiger partial charge is 0.261 e. The number of para-hydroxylation sites is 1. The molecule has 0 unspecified atom stereocenters. The van der Waals surface area contributed by atoms with Gasteiger partial charge in [-0.3, -0.25) is 10.1 Å². The van der Waals surface area contributed by atoms with Crippen LogP contribution in [0.2, 0.25) is 0 Å². The van der Waals surface area contributed by atoms with Crippen molar-refractivity contribution in [2.75, 3.05) is 31.7 Å². The predicted octanol–water partition coefficient (Wildman–Crippen LogP) is 4.02. The summed E-state index contributed by atoms with van der Waals surface area (Å²) >= 11 is 5.24. The minimum absolute atomic E-state index is 0.209. The summed E-state index contributed by atoms with van der Waals surface area (Å²) in [6.45, 7) is 6.22. The quantitative estimate of drug-likeness (QED) is 0.462. The number of thiocarbonyl (C=S) groups is 1. The van der Waals surface area contributed by atoms with E-state index in [1.54, 1.807) is 18.2 Å². The van der Waals surface area contributed by atoms with E-state index in [1.807, 2.05) is 44.2 Å². The van der Waals surface area contributed by atoms with Gasteiger partial charge < -0.3 is 19.5 Å². The highest BCUT2D eigenvalue weighted by atomic mass is 32.1. The lowest BCUT2D eigenvalue weighted by atomic mass is 10.2. The van der Waals surface area contributed by atoms with Crippen LogP contribution in [0, 0.1) is 0 Å². The molecule has 2 N–H and O–H groups in total. The topological polar surface area (TPSA) is 68.8 Å². The third-order valence-electron chi connectivity index (χ3n) is 3.63. The number of amides is 1. The molecular formula is C21H26N2O4S. The molecule has 0 bridgehead atoms. The van der Waals surface area contributed by atoms with Gasteiger partial charge in [-0.25, -0.2) is 0 Å². The van der Waals surface area contributed by atoms with Crippen LogP contribution in [0.4, 0.5) is 5.69 Å². The third kappa shape index (κ3) is 7.17. The second-order valence-corrected chi connectivity index (χ2v) is 6.23. The van der Waals surface area contributed by atoms with Gasteiger partial charge in [0.15, 0.2) is 5.11 Å². The molecule has 28 heavy (non-hydrogen) atoms. The van der Waals surface area contributed by atoms with E-state index >= 15 is 0 Å². The van der Waals surface area contributed by atoms with Gasteiger partial charge in [-0.15, -0.1) is 0 Å². The standard InChI is InChI=1S/C21H26N2O4S/c1-3-13-27-19-8-6-5-7-18(19)20(24)23-21(28)22-16-9-11-17(12-10-16)26-15-14-25-4-2/h5-12H,3-4,13-15H2,1-2H3,(H2,22,23,24,28). The first-order valence-electron chi connectivity index (χ1n) is 9.28. The van der Waals surface area contributed by atoms with Crippen molar-refractivity contribution in [2.24, 2.45) is 0 Å². The summed E-state index contributed by atoms with van der Waals surface area (Å²) in [7, 11) is 0. The number of anilines is 1.